The van der Waals surface area contributed by atoms with Crippen molar-refractivity contribution in [1.29, 1.82) is 0 Å². The fourth-order valence-corrected chi connectivity index (χ4v) is 2.37. The maximum atomic E-state index is 11.4. The van der Waals surface area contributed by atoms with Gasteiger partial charge in [0.05, 0.1) is 31.5 Å². The summed E-state index contributed by atoms with van der Waals surface area (Å²) < 4.78 is 26.1. The zero-order chi connectivity index (χ0) is 12.3. The molecule has 16 heavy (non-hydrogen) atoms. The van der Waals surface area contributed by atoms with E-state index in [1.807, 2.05) is 0 Å². The fourth-order valence-electron chi connectivity index (χ4n) is 1.44. The summed E-state index contributed by atoms with van der Waals surface area (Å²) in [5.41, 5.74) is 0. The van der Waals surface area contributed by atoms with Gasteiger partial charge in [0.1, 0.15) is 0 Å². The number of hydrogen-bond donors (Lipinski definition) is 2. The zero-order valence-electron chi connectivity index (χ0n) is 9.70. The first-order valence-electron chi connectivity index (χ1n) is 5.27. The zero-order valence-corrected chi connectivity index (χ0v) is 10.6. The molecule has 0 radical (unpaired) electrons. The lowest BCUT2D eigenvalue weighted by Crippen LogP contribution is -2.24. The summed E-state index contributed by atoms with van der Waals surface area (Å²) in [6.45, 7) is 5.27. The molecule has 1 heterocycles. The second kappa shape index (κ2) is 5.58. The minimum atomic E-state index is -4.01. The predicted octanol–water partition coefficient (Wildman–Crippen LogP) is 0.924. The van der Waals surface area contributed by atoms with E-state index in [1.54, 1.807) is 20.8 Å². The van der Waals surface area contributed by atoms with E-state index in [1.165, 1.54) is 0 Å². The molecule has 0 saturated carbocycles. The summed E-state index contributed by atoms with van der Waals surface area (Å²) in [6.07, 6.45) is -1.30. The van der Waals surface area contributed by atoms with Gasteiger partial charge in [-0.3, -0.25) is 9.05 Å². The lowest BCUT2D eigenvalue weighted by atomic mass is 10.0. The van der Waals surface area contributed by atoms with E-state index in [4.69, 9.17) is 13.8 Å². The van der Waals surface area contributed by atoms with Gasteiger partial charge in [-0.05, 0) is 13.8 Å². The van der Waals surface area contributed by atoms with Gasteiger partial charge in [0, 0.05) is 5.92 Å². The summed E-state index contributed by atoms with van der Waals surface area (Å²) in [4.78, 5) is 9.29. The van der Waals surface area contributed by atoms with E-state index in [-0.39, 0.29) is 31.3 Å². The minimum absolute atomic E-state index is 0.0568. The molecule has 0 aliphatic carbocycles. The Hall–Kier alpha value is 0.0300. The van der Waals surface area contributed by atoms with Gasteiger partial charge in [0.2, 0.25) is 0 Å². The van der Waals surface area contributed by atoms with Crippen LogP contribution in [0.2, 0.25) is 0 Å². The molecule has 4 atom stereocenters. The van der Waals surface area contributed by atoms with Crippen molar-refractivity contribution in [3.63, 3.8) is 0 Å². The molecule has 2 N–H and O–H groups in total. The molecule has 0 aromatic heterocycles. The monoisotopic (exact) mass is 254 g/mol. The van der Waals surface area contributed by atoms with Crippen molar-refractivity contribution in [2.24, 2.45) is 5.92 Å². The number of ether oxygens (including phenoxy) is 1. The molecular weight excluding hydrogens is 235 g/mol. The highest BCUT2D eigenvalue weighted by Gasteiger charge is 2.35. The van der Waals surface area contributed by atoms with Crippen molar-refractivity contribution < 1.29 is 28.3 Å². The van der Waals surface area contributed by atoms with Crippen LogP contribution in [0.5, 0.6) is 0 Å². The van der Waals surface area contributed by atoms with Crippen molar-refractivity contribution >= 4 is 7.82 Å². The van der Waals surface area contributed by atoms with Gasteiger partial charge in [-0.2, -0.15) is 0 Å². The Morgan fingerprint density at radius 3 is 2.62 bits per heavy atom. The smallest absolute Gasteiger partial charge is 0.390 e. The van der Waals surface area contributed by atoms with Crippen LogP contribution in [0.4, 0.5) is 0 Å². The van der Waals surface area contributed by atoms with Gasteiger partial charge in [0.25, 0.3) is 0 Å². The first-order chi connectivity index (χ1) is 7.32. The molecule has 1 aliphatic heterocycles. The number of phosphoric ester groups is 1. The van der Waals surface area contributed by atoms with E-state index in [0.717, 1.165) is 0 Å². The molecule has 7 heteroatoms. The second-order valence-corrected chi connectivity index (χ2v) is 5.62. The number of phosphoric acid groups is 1. The number of hydrogen-bond acceptors (Lipinski definition) is 5. The SMILES string of the molecule is CC(C)OP(=O)(O)OC[C@H]1OC[C@H](O)C1C. The van der Waals surface area contributed by atoms with Gasteiger partial charge in [-0.1, -0.05) is 6.92 Å². The highest BCUT2D eigenvalue weighted by atomic mass is 31.2. The summed E-state index contributed by atoms with van der Waals surface area (Å²) in [7, 11) is -4.01. The molecule has 1 saturated heterocycles. The Labute approximate surface area is 95.1 Å². The van der Waals surface area contributed by atoms with Gasteiger partial charge in [-0.25, -0.2) is 4.57 Å². The molecule has 0 aromatic carbocycles. The normalized spacial score (nSPS) is 34.2. The van der Waals surface area contributed by atoms with Gasteiger partial charge < -0.3 is 14.7 Å². The maximum Gasteiger partial charge on any atom is 0.472 e. The molecule has 0 aromatic rings. The quantitative estimate of drug-likeness (QED) is 0.710. The Morgan fingerprint density at radius 1 is 1.56 bits per heavy atom. The molecule has 6 nitrogen and oxygen atoms in total. The third kappa shape index (κ3) is 4.13. The molecule has 96 valence electrons. The molecule has 0 spiro atoms. The molecule has 1 fully saturated rings. The third-order valence-electron chi connectivity index (χ3n) is 2.42. The van der Waals surface area contributed by atoms with Crippen LogP contribution >= 0.6 is 7.82 Å². The van der Waals surface area contributed by atoms with Crippen molar-refractivity contribution in [1.82, 2.24) is 0 Å². The van der Waals surface area contributed by atoms with Crippen LogP contribution in [-0.4, -0.2) is 41.5 Å². The maximum absolute atomic E-state index is 11.4. The standard InChI is InChI=1S/C9H19O6P/c1-6(2)15-16(11,12)14-5-9-7(3)8(10)4-13-9/h6-10H,4-5H2,1-3H3,(H,11,12)/t7?,8-,9+/m0/s1. The average Bonchev–Trinajstić information content (AvgIpc) is 2.43. The molecular formula is C9H19O6P. The molecule has 0 amide bonds. The number of rotatable bonds is 5. The van der Waals surface area contributed by atoms with E-state index >= 15 is 0 Å². The summed E-state index contributed by atoms with van der Waals surface area (Å²) >= 11 is 0. The summed E-state index contributed by atoms with van der Waals surface area (Å²) in [5.74, 6) is -0.112. The Bertz CT molecular complexity index is 269. The number of aliphatic hydroxyl groups excluding tert-OH is 1. The first-order valence-corrected chi connectivity index (χ1v) is 6.77. The van der Waals surface area contributed by atoms with Crippen molar-refractivity contribution in [3.8, 4) is 0 Å². The molecule has 2 unspecified atom stereocenters. The molecule has 1 rings (SSSR count). The first kappa shape index (κ1) is 14.1. The number of aliphatic hydroxyl groups is 1. The van der Waals surface area contributed by atoms with Crippen LogP contribution in [-0.2, 0) is 18.3 Å². The third-order valence-corrected chi connectivity index (χ3v) is 3.58. The molecule has 0 bridgehead atoms. The highest BCUT2D eigenvalue weighted by Crippen LogP contribution is 2.45. The highest BCUT2D eigenvalue weighted by molar-refractivity contribution is 7.47. The van der Waals surface area contributed by atoms with Gasteiger partial charge >= 0.3 is 7.82 Å². The van der Waals surface area contributed by atoms with Crippen molar-refractivity contribution in [3.05, 3.63) is 0 Å². The van der Waals surface area contributed by atoms with Crippen LogP contribution in [0, 0.1) is 5.92 Å². The Balaban J connectivity index is 2.37. The van der Waals surface area contributed by atoms with Crippen LogP contribution in [0.15, 0.2) is 0 Å². The predicted molar refractivity (Wildman–Crippen MR) is 56.9 cm³/mol. The topological polar surface area (TPSA) is 85.2 Å². The van der Waals surface area contributed by atoms with Gasteiger partial charge in [0.15, 0.2) is 0 Å². The average molecular weight is 254 g/mol. The van der Waals surface area contributed by atoms with Crippen LogP contribution in [0.25, 0.3) is 0 Å². The summed E-state index contributed by atoms with van der Waals surface area (Å²) in [6, 6.07) is 0. The summed E-state index contributed by atoms with van der Waals surface area (Å²) in [5, 5.41) is 9.40. The lowest BCUT2D eigenvalue weighted by Gasteiger charge is -2.19. The lowest BCUT2D eigenvalue weighted by molar-refractivity contribution is 0.0298. The van der Waals surface area contributed by atoms with E-state index in [0.29, 0.717) is 0 Å². The second-order valence-electron chi connectivity index (χ2n) is 4.22. The Kier molecular flexibility index (Phi) is 4.91. The Morgan fingerprint density at radius 2 is 2.19 bits per heavy atom. The van der Waals surface area contributed by atoms with Crippen molar-refractivity contribution in [2.75, 3.05) is 13.2 Å². The van der Waals surface area contributed by atoms with Gasteiger partial charge in [-0.15, -0.1) is 0 Å². The van der Waals surface area contributed by atoms with E-state index in [2.05, 4.69) is 0 Å². The van der Waals surface area contributed by atoms with Crippen LogP contribution in [0.3, 0.4) is 0 Å². The minimum Gasteiger partial charge on any atom is -0.390 e. The van der Waals surface area contributed by atoms with Crippen LogP contribution in [0.1, 0.15) is 20.8 Å². The van der Waals surface area contributed by atoms with E-state index in [9.17, 15) is 14.6 Å². The van der Waals surface area contributed by atoms with Crippen molar-refractivity contribution in [2.45, 2.75) is 39.1 Å². The van der Waals surface area contributed by atoms with Crippen LogP contribution < -0.4 is 0 Å². The van der Waals surface area contributed by atoms with E-state index < -0.39 is 13.9 Å². The fraction of sp³-hybridized carbons (Fsp3) is 1.00. The largest absolute Gasteiger partial charge is 0.472 e. The molecule has 1 aliphatic rings.